The summed E-state index contributed by atoms with van der Waals surface area (Å²) >= 11 is 0. The van der Waals surface area contributed by atoms with Gasteiger partial charge in [-0.05, 0) is 6.42 Å². The van der Waals surface area contributed by atoms with Gasteiger partial charge in [-0.1, -0.05) is 6.92 Å². The van der Waals surface area contributed by atoms with Gasteiger partial charge in [0.05, 0.1) is 6.33 Å². The largest absolute Gasteiger partial charge is 0.477 e. The minimum Gasteiger partial charge on any atom is -0.477 e. The molecule has 1 N–H and O–H groups in total. The van der Waals surface area contributed by atoms with Crippen LogP contribution in [0, 0.1) is 0 Å². The second-order valence-electron chi connectivity index (χ2n) is 3.75. The number of alkyl halides is 7. The molecule has 11 heteroatoms. The van der Waals surface area contributed by atoms with Crippen molar-refractivity contribution < 1.29 is 40.6 Å². The second kappa shape index (κ2) is 6.76. The molecule has 0 radical (unpaired) electrons. The maximum Gasteiger partial charge on any atom is 0.460 e. The van der Waals surface area contributed by atoms with E-state index in [0.717, 1.165) is 6.54 Å². The number of hydrogen-bond acceptors (Lipinski definition) is 2. The van der Waals surface area contributed by atoms with Gasteiger partial charge in [-0.3, -0.25) is 0 Å². The molecular weight excluding hydrogens is 313 g/mol. The van der Waals surface area contributed by atoms with Gasteiger partial charge in [-0.25, -0.2) is 9.78 Å². The van der Waals surface area contributed by atoms with Crippen LogP contribution in [0.2, 0.25) is 0 Å². The number of hydrogen-bond donors (Lipinski definition) is 1. The third-order valence-corrected chi connectivity index (χ3v) is 2.06. The first-order valence-corrected chi connectivity index (χ1v) is 5.39. The average Bonchev–Trinajstić information content (AvgIpc) is 2.81. The van der Waals surface area contributed by atoms with Crippen molar-refractivity contribution in [3.8, 4) is 0 Å². The topological polar surface area (TPSA) is 55.1 Å². The lowest BCUT2D eigenvalue weighted by Crippen LogP contribution is -2.56. The molecule has 1 aromatic heterocycles. The molecule has 0 spiro atoms. The van der Waals surface area contributed by atoms with Gasteiger partial charge in [0.1, 0.15) is 0 Å². The first-order chi connectivity index (χ1) is 9.38. The van der Waals surface area contributed by atoms with Crippen LogP contribution in [0.5, 0.6) is 0 Å². The van der Waals surface area contributed by atoms with E-state index in [0.29, 0.717) is 0 Å². The zero-order valence-electron chi connectivity index (χ0n) is 10.5. The van der Waals surface area contributed by atoms with Crippen molar-refractivity contribution in [3.63, 3.8) is 0 Å². The molecule has 0 aliphatic heterocycles. The molecule has 122 valence electrons. The van der Waals surface area contributed by atoms with E-state index in [1.54, 1.807) is 6.20 Å². The normalized spacial score (nSPS) is 12.6. The van der Waals surface area contributed by atoms with Crippen LogP contribution in [0.3, 0.4) is 0 Å². The number of carboxylic acid groups (broad SMARTS) is 1. The number of imidazole rings is 1. The standard InChI is InChI=1S/C6H10N2.C4HF7O2/c1-2-4-8-5-3-7-6-8;5-2(6,1(12)13)3(7,8)4(9,10)11/h3,5-6H,2,4H2,1H3;(H,12,13). The smallest absolute Gasteiger partial charge is 0.460 e. The lowest BCUT2D eigenvalue weighted by molar-refractivity contribution is -0.347. The zero-order valence-corrected chi connectivity index (χ0v) is 10.5. The van der Waals surface area contributed by atoms with Crippen molar-refractivity contribution in [3.05, 3.63) is 18.7 Å². The molecule has 21 heavy (non-hydrogen) atoms. The van der Waals surface area contributed by atoms with Crippen LogP contribution < -0.4 is 0 Å². The summed E-state index contributed by atoms with van der Waals surface area (Å²) in [5.41, 5.74) is 0. The van der Waals surface area contributed by atoms with Crippen LogP contribution >= 0.6 is 0 Å². The summed E-state index contributed by atoms with van der Waals surface area (Å²) in [5.74, 6) is -16.3. The summed E-state index contributed by atoms with van der Waals surface area (Å²) in [6, 6.07) is 0. The van der Waals surface area contributed by atoms with Gasteiger partial charge >= 0.3 is 24.0 Å². The second-order valence-corrected chi connectivity index (χ2v) is 3.75. The molecule has 0 saturated carbocycles. The van der Waals surface area contributed by atoms with E-state index in [-0.39, 0.29) is 0 Å². The van der Waals surface area contributed by atoms with Gasteiger partial charge in [-0.15, -0.1) is 0 Å². The molecule has 1 rings (SSSR count). The summed E-state index contributed by atoms with van der Waals surface area (Å²) in [7, 11) is 0. The van der Waals surface area contributed by atoms with E-state index >= 15 is 0 Å². The Bertz CT molecular complexity index is 443. The Morgan fingerprint density at radius 1 is 1.19 bits per heavy atom. The molecule has 0 aromatic carbocycles. The van der Waals surface area contributed by atoms with E-state index in [9.17, 15) is 35.5 Å². The maximum atomic E-state index is 11.8. The van der Waals surface area contributed by atoms with E-state index in [1.807, 2.05) is 12.5 Å². The quantitative estimate of drug-likeness (QED) is 0.866. The number of carboxylic acids is 1. The minimum absolute atomic E-state index is 1.08. The number of nitrogens with zero attached hydrogens (tertiary/aromatic N) is 2. The molecule has 0 atom stereocenters. The summed E-state index contributed by atoms with van der Waals surface area (Å²) in [4.78, 5) is 13.3. The number of aliphatic carboxylic acids is 1. The molecule has 0 aliphatic rings. The fraction of sp³-hybridized carbons (Fsp3) is 0.600. The number of rotatable bonds is 4. The Morgan fingerprint density at radius 3 is 1.95 bits per heavy atom. The van der Waals surface area contributed by atoms with Crippen molar-refractivity contribution >= 4 is 5.97 Å². The lowest BCUT2D eigenvalue weighted by Gasteiger charge is -2.24. The third-order valence-electron chi connectivity index (χ3n) is 2.06. The number of halogens is 7. The highest BCUT2D eigenvalue weighted by Gasteiger charge is 2.76. The maximum absolute atomic E-state index is 11.8. The van der Waals surface area contributed by atoms with Crippen molar-refractivity contribution in [1.82, 2.24) is 9.55 Å². The Labute approximate surface area is 114 Å². The van der Waals surface area contributed by atoms with Crippen molar-refractivity contribution in [1.29, 1.82) is 0 Å². The predicted octanol–water partition coefficient (Wildman–Crippen LogP) is 3.20. The van der Waals surface area contributed by atoms with Crippen LogP contribution in [0.15, 0.2) is 18.7 Å². The summed E-state index contributed by atoms with van der Waals surface area (Å²) in [6.07, 6.45) is 0.188. The number of aromatic nitrogens is 2. The first kappa shape index (κ1) is 19.2. The predicted molar refractivity (Wildman–Crippen MR) is 56.1 cm³/mol. The van der Waals surface area contributed by atoms with E-state index < -0.39 is 24.0 Å². The average molecular weight is 324 g/mol. The van der Waals surface area contributed by atoms with Gasteiger partial charge in [0.2, 0.25) is 0 Å². The fourth-order valence-electron chi connectivity index (χ4n) is 0.990. The van der Waals surface area contributed by atoms with Crippen LogP contribution in [0.1, 0.15) is 13.3 Å². The minimum atomic E-state index is -6.60. The van der Waals surface area contributed by atoms with Gasteiger partial charge in [-0.2, -0.15) is 30.7 Å². The first-order valence-electron chi connectivity index (χ1n) is 5.39. The molecule has 4 nitrogen and oxygen atoms in total. The number of carbonyl (C=O) groups is 1. The Morgan fingerprint density at radius 2 is 1.71 bits per heavy atom. The molecule has 1 aromatic rings. The highest BCUT2D eigenvalue weighted by atomic mass is 19.4. The van der Waals surface area contributed by atoms with Crippen LogP contribution in [0.25, 0.3) is 0 Å². The van der Waals surface area contributed by atoms with E-state index in [1.165, 1.54) is 6.42 Å². The van der Waals surface area contributed by atoms with Crippen LogP contribution in [-0.2, 0) is 11.3 Å². The monoisotopic (exact) mass is 324 g/mol. The Kier molecular flexibility index (Phi) is 6.18. The van der Waals surface area contributed by atoms with Crippen molar-refractivity contribution in [2.24, 2.45) is 0 Å². The van der Waals surface area contributed by atoms with Gasteiger partial charge in [0.25, 0.3) is 0 Å². The lowest BCUT2D eigenvalue weighted by atomic mass is 10.1. The zero-order chi connectivity index (χ0) is 16.9. The van der Waals surface area contributed by atoms with Gasteiger partial charge < -0.3 is 9.67 Å². The highest BCUT2D eigenvalue weighted by molar-refractivity contribution is 5.76. The van der Waals surface area contributed by atoms with E-state index in [4.69, 9.17) is 5.11 Å². The molecule has 0 saturated heterocycles. The van der Waals surface area contributed by atoms with E-state index in [2.05, 4.69) is 16.5 Å². The molecular formula is C10H11F7N2O2. The number of aryl methyl sites for hydroxylation is 1. The van der Waals surface area contributed by atoms with Crippen molar-refractivity contribution in [2.45, 2.75) is 37.9 Å². The SMILES string of the molecule is CCCn1ccnc1.O=C(O)C(F)(F)C(F)(F)C(F)(F)F. The summed E-state index contributed by atoms with van der Waals surface area (Å²) in [5, 5.41) is 7.41. The van der Waals surface area contributed by atoms with Crippen LogP contribution in [0.4, 0.5) is 30.7 Å². The Balaban J connectivity index is 0.000000423. The molecule has 1 heterocycles. The molecule has 0 fully saturated rings. The third kappa shape index (κ3) is 4.60. The van der Waals surface area contributed by atoms with Crippen LogP contribution in [-0.4, -0.2) is 38.6 Å². The summed E-state index contributed by atoms with van der Waals surface area (Å²) in [6.45, 7) is 3.24. The molecule has 0 amide bonds. The molecule has 0 aliphatic carbocycles. The van der Waals surface area contributed by atoms with Crippen molar-refractivity contribution in [2.75, 3.05) is 0 Å². The summed E-state index contributed by atoms with van der Waals surface area (Å²) < 4.78 is 82.6. The fourth-order valence-corrected chi connectivity index (χ4v) is 0.990. The van der Waals surface area contributed by atoms with Gasteiger partial charge in [0, 0.05) is 18.9 Å². The molecule has 0 bridgehead atoms. The molecule has 0 unspecified atom stereocenters. The highest BCUT2D eigenvalue weighted by Crippen LogP contribution is 2.46. The Hall–Kier alpha value is -1.81. The van der Waals surface area contributed by atoms with Gasteiger partial charge in [0.15, 0.2) is 0 Å².